The molecule has 0 aliphatic rings. The molecule has 1 atom stereocenters. The minimum atomic E-state index is -3.48. The van der Waals surface area contributed by atoms with Crippen LogP contribution in [0.3, 0.4) is 0 Å². The number of hydrogen-bond donors (Lipinski definition) is 1. The van der Waals surface area contributed by atoms with Gasteiger partial charge in [-0.1, -0.05) is 31.2 Å². The molecule has 0 fully saturated rings. The van der Waals surface area contributed by atoms with Crippen LogP contribution < -0.4 is 5.32 Å². The Bertz CT molecular complexity index is 1100. The molecule has 0 bridgehead atoms. The summed E-state index contributed by atoms with van der Waals surface area (Å²) in [5, 5.41) is 3.57. The fourth-order valence-corrected chi connectivity index (χ4v) is 4.49. The maximum Gasteiger partial charge on any atom is 0.242 e. The number of nitrogens with one attached hydrogen (secondary N) is 1. The topological polar surface area (TPSA) is 67.2 Å². The second-order valence-corrected chi connectivity index (χ2v) is 9.73. The molecule has 0 amide bonds. The van der Waals surface area contributed by atoms with Crippen molar-refractivity contribution in [2.24, 2.45) is 0 Å². The van der Waals surface area contributed by atoms with Gasteiger partial charge in [0, 0.05) is 26.7 Å². The average Bonchev–Trinajstić information content (AvgIpc) is 3.03. The van der Waals surface area contributed by atoms with Gasteiger partial charge in [0.15, 0.2) is 0 Å². The van der Waals surface area contributed by atoms with Crippen molar-refractivity contribution in [1.29, 1.82) is 0 Å². The summed E-state index contributed by atoms with van der Waals surface area (Å²) < 4.78 is 28.4. The highest BCUT2D eigenvalue weighted by Gasteiger charge is 2.20. The van der Waals surface area contributed by atoms with Crippen molar-refractivity contribution in [2.45, 2.75) is 51.2 Å². The van der Waals surface area contributed by atoms with Crippen LogP contribution in [0, 0.1) is 6.92 Å². The number of imidazole rings is 1. The molecule has 0 aliphatic carbocycles. The summed E-state index contributed by atoms with van der Waals surface area (Å²) in [7, 11) is -0.404. The molecule has 6 nitrogen and oxygen atoms in total. The van der Waals surface area contributed by atoms with Gasteiger partial charge in [-0.15, -0.1) is 0 Å². The Morgan fingerprint density at radius 2 is 1.90 bits per heavy atom. The summed E-state index contributed by atoms with van der Waals surface area (Å²) in [6.07, 6.45) is 0.976. The molecule has 29 heavy (non-hydrogen) atoms. The van der Waals surface area contributed by atoms with Crippen molar-refractivity contribution in [3.05, 3.63) is 59.4 Å². The number of nitrogens with zero attached hydrogens (tertiary/aromatic N) is 3. The molecule has 1 aromatic heterocycles. The van der Waals surface area contributed by atoms with E-state index in [-0.39, 0.29) is 10.9 Å². The van der Waals surface area contributed by atoms with Gasteiger partial charge in [0.05, 0.1) is 22.5 Å². The second kappa shape index (κ2) is 8.65. The van der Waals surface area contributed by atoms with E-state index in [1.807, 2.05) is 12.1 Å². The maximum absolute atomic E-state index is 12.5. The van der Waals surface area contributed by atoms with Crippen molar-refractivity contribution in [1.82, 2.24) is 19.2 Å². The third-order valence-corrected chi connectivity index (χ3v) is 7.06. The Hall–Kier alpha value is -2.22. The zero-order chi connectivity index (χ0) is 21.2. The first-order valence-electron chi connectivity index (χ1n) is 9.96. The summed E-state index contributed by atoms with van der Waals surface area (Å²) >= 11 is 0. The van der Waals surface area contributed by atoms with E-state index >= 15 is 0 Å². The molecule has 7 heteroatoms. The van der Waals surface area contributed by atoms with Crippen LogP contribution in [0.2, 0.25) is 0 Å². The van der Waals surface area contributed by atoms with Crippen molar-refractivity contribution in [3.63, 3.8) is 0 Å². The lowest BCUT2D eigenvalue weighted by atomic mass is 10.0. The minimum absolute atomic E-state index is 0.191. The molecule has 0 saturated heterocycles. The molecule has 0 spiro atoms. The summed E-state index contributed by atoms with van der Waals surface area (Å²) in [5.74, 6) is 0.918. The number of hydrogen-bond acceptors (Lipinski definition) is 4. The zero-order valence-corrected chi connectivity index (χ0v) is 18.6. The molecule has 0 aliphatic heterocycles. The van der Waals surface area contributed by atoms with Gasteiger partial charge in [-0.05, 0) is 49.6 Å². The Morgan fingerprint density at radius 3 is 2.55 bits per heavy atom. The van der Waals surface area contributed by atoms with Gasteiger partial charge in [-0.3, -0.25) is 0 Å². The van der Waals surface area contributed by atoms with Gasteiger partial charge in [0.25, 0.3) is 0 Å². The standard InChI is InChI=1S/C22H30N4O2S/c1-6-13-26-21-12-11-18(29(27,28)25(4)5)14-20(21)24-22(26)15-23-17(3)19-10-8-7-9-16(19)2/h7-12,14,17,23H,6,13,15H2,1-5H3/t17-/m0/s1. The monoisotopic (exact) mass is 414 g/mol. The molecule has 0 radical (unpaired) electrons. The van der Waals surface area contributed by atoms with Gasteiger partial charge < -0.3 is 9.88 Å². The van der Waals surface area contributed by atoms with E-state index in [1.165, 1.54) is 29.5 Å². The van der Waals surface area contributed by atoms with E-state index in [4.69, 9.17) is 4.98 Å². The largest absolute Gasteiger partial charge is 0.327 e. The summed E-state index contributed by atoms with van der Waals surface area (Å²) in [4.78, 5) is 5.04. The Labute approximate surface area is 173 Å². The lowest BCUT2D eigenvalue weighted by Gasteiger charge is -2.17. The first kappa shape index (κ1) is 21.5. The van der Waals surface area contributed by atoms with E-state index < -0.39 is 10.0 Å². The van der Waals surface area contributed by atoms with Crippen molar-refractivity contribution >= 4 is 21.1 Å². The van der Waals surface area contributed by atoms with Gasteiger partial charge >= 0.3 is 0 Å². The number of rotatable bonds is 8. The van der Waals surface area contributed by atoms with Gasteiger partial charge in [-0.25, -0.2) is 17.7 Å². The molecular formula is C22H30N4O2S. The Kier molecular flexibility index (Phi) is 6.41. The van der Waals surface area contributed by atoms with Crippen molar-refractivity contribution < 1.29 is 8.42 Å². The third kappa shape index (κ3) is 4.37. The van der Waals surface area contributed by atoms with Crippen molar-refractivity contribution in [3.8, 4) is 0 Å². The normalized spacial score (nSPS) is 13.3. The van der Waals surface area contributed by atoms with Crippen LogP contribution in [0.1, 0.15) is 43.3 Å². The van der Waals surface area contributed by atoms with Crippen LogP contribution in [0.15, 0.2) is 47.4 Å². The van der Waals surface area contributed by atoms with E-state index in [1.54, 1.807) is 12.1 Å². The lowest BCUT2D eigenvalue weighted by Crippen LogP contribution is -2.22. The van der Waals surface area contributed by atoms with Gasteiger partial charge in [-0.2, -0.15) is 0 Å². The van der Waals surface area contributed by atoms with E-state index in [0.717, 1.165) is 24.3 Å². The molecule has 2 aromatic carbocycles. The van der Waals surface area contributed by atoms with Crippen molar-refractivity contribution in [2.75, 3.05) is 14.1 Å². The second-order valence-electron chi connectivity index (χ2n) is 7.58. The number of benzene rings is 2. The van der Waals surface area contributed by atoms with E-state index in [0.29, 0.717) is 12.1 Å². The quantitative estimate of drug-likeness (QED) is 0.608. The highest BCUT2D eigenvalue weighted by molar-refractivity contribution is 7.89. The number of aryl methyl sites for hydroxylation is 2. The molecule has 1 N–H and O–H groups in total. The first-order valence-corrected chi connectivity index (χ1v) is 11.4. The molecule has 1 heterocycles. The van der Waals surface area contributed by atoms with Crippen LogP contribution in [0.4, 0.5) is 0 Å². The van der Waals surface area contributed by atoms with Gasteiger partial charge in [0.1, 0.15) is 5.82 Å². The minimum Gasteiger partial charge on any atom is -0.327 e. The fourth-order valence-electron chi connectivity index (χ4n) is 3.57. The molecular weight excluding hydrogens is 384 g/mol. The van der Waals surface area contributed by atoms with Gasteiger partial charge in [0.2, 0.25) is 10.0 Å². The van der Waals surface area contributed by atoms with Crippen LogP contribution >= 0.6 is 0 Å². The predicted octanol–water partition coefficient (Wildman–Crippen LogP) is 3.86. The summed E-state index contributed by atoms with van der Waals surface area (Å²) in [5.41, 5.74) is 4.20. The third-order valence-electron chi connectivity index (χ3n) is 5.25. The van der Waals surface area contributed by atoms with Crippen LogP contribution in [0.25, 0.3) is 11.0 Å². The smallest absolute Gasteiger partial charge is 0.242 e. The number of aromatic nitrogens is 2. The van der Waals surface area contributed by atoms with Crippen LogP contribution in [-0.2, 0) is 23.1 Å². The SMILES string of the molecule is CCCn1c(CN[C@@H](C)c2ccccc2C)nc2cc(S(=O)(=O)N(C)C)ccc21. The van der Waals surface area contributed by atoms with Crippen LogP contribution in [0.5, 0.6) is 0 Å². The fraction of sp³-hybridized carbons (Fsp3) is 0.409. The highest BCUT2D eigenvalue weighted by Crippen LogP contribution is 2.23. The van der Waals surface area contributed by atoms with E-state index in [9.17, 15) is 8.42 Å². The lowest BCUT2D eigenvalue weighted by molar-refractivity contribution is 0.521. The highest BCUT2D eigenvalue weighted by atomic mass is 32.2. The number of fused-ring (bicyclic) bond motifs is 1. The maximum atomic E-state index is 12.5. The Balaban J connectivity index is 1.92. The summed E-state index contributed by atoms with van der Waals surface area (Å²) in [6.45, 7) is 7.85. The Morgan fingerprint density at radius 1 is 1.17 bits per heavy atom. The molecule has 3 rings (SSSR count). The van der Waals surface area contributed by atoms with Crippen LogP contribution in [-0.4, -0.2) is 36.4 Å². The summed E-state index contributed by atoms with van der Waals surface area (Å²) in [6, 6.07) is 13.8. The zero-order valence-electron chi connectivity index (χ0n) is 17.8. The number of sulfonamides is 1. The molecule has 156 valence electrons. The molecule has 0 saturated carbocycles. The predicted molar refractivity (Wildman–Crippen MR) is 117 cm³/mol. The molecule has 0 unspecified atom stereocenters. The van der Waals surface area contributed by atoms with E-state index in [2.05, 4.69) is 48.9 Å². The first-order chi connectivity index (χ1) is 13.8. The average molecular weight is 415 g/mol. The molecule has 3 aromatic rings.